The van der Waals surface area contributed by atoms with E-state index in [1.54, 1.807) is 19.1 Å². The van der Waals surface area contributed by atoms with E-state index in [1.807, 2.05) is 0 Å². The third-order valence-corrected chi connectivity index (χ3v) is 4.60. The number of imidazole rings is 1. The summed E-state index contributed by atoms with van der Waals surface area (Å²) in [6.07, 6.45) is -4.73. The lowest BCUT2D eigenvalue weighted by molar-refractivity contribution is -0.148. The number of hydrogen-bond donors (Lipinski definition) is 0. The van der Waals surface area contributed by atoms with Crippen LogP contribution >= 0.6 is 0 Å². The van der Waals surface area contributed by atoms with Crippen LogP contribution in [-0.2, 0) is 17.5 Å². The highest BCUT2D eigenvalue weighted by molar-refractivity contribution is 5.81. The number of benzene rings is 2. The van der Waals surface area contributed by atoms with Gasteiger partial charge in [0.25, 0.3) is 0 Å². The fourth-order valence-corrected chi connectivity index (χ4v) is 2.91. The molecule has 0 N–H and O–H groups in total. The Balaban J connectivity index is 1.91. The van der Waals surface area contributed by atoms with Crippen molar-refractivity contribution in [1.82, 2.24) is 14.5 Å². The molecule has 1 atom stereocenters. The van der Waals surface area contributed by atoms with Crippen molar-refractivity contribution in [2.75, 3.05) is 7.05 Å². The first-order chi connectivity index (χ1) is 13.1. The molecule has 0 bridgehead atoms. The van der Waals surface area contributed by atoms with Crippen LogP contribution in [0.5, 0.6) is 0 Å². The zero-order valence-electron chi connectivity index (χ0n) is 15.0. The molecular formula is C19H16F5N3O. The number of fused-ring (bicyclic) bond motifs is 1. The Hall–Kier alpha value is -2.97. The van der Waals surface area contributed by atoms with Gasteiger partial charge >= 0.3 is 6.18 Å². The first kappa shape index (κ1) is 19.8. The van der Waals surface area contributed by atoms with E-state index in [4.69, 9.17) is 0 Å². The lowest BCUT2D eigenvalue weighted by atomic mass is 10.1. The van der Waals surface area contributed by atoms with Crippen molar-refractivity contribution in [3.63, 3.8) is 0 Å². The van der Waals surface area contributed by atoms with E-state index < -0.39 is 42.1 Å². The maximum Gasteiger partial charge on any atom is 0.449 e. The first-order valence-corrected chi connectivity index (χ1v) is 8.32. The fraction of sp³-hybridized carbons (Fsp3) is 0.263. The number of amides is 1. The third-order valence-electron chi connectivity index (χ3n) is 4.60. The number of likely N-dealkylation sites (N-methyl/N-ethyl adjacent to an activating group) is 1. The van der Waals surface area contributed by atoms with Crippen LogP contribution in [0.3, 0.4) is 0 Å². The van der Waals surface area contributed by atoms with Gasteiger partial charge in [-0.1, -0.05) is 18.2 Å². The summed E-state index contributed by atoms with van der Waals surface area (Å²) in [7, 11) is 1.39. The van der Waals surface area contributed by atoms with E-state index in [9.17, 15) is 26.7 Å². The highest BCUT2D eigenvalue weighted by Gasteiger charge is 2.38. The smallest absolute Gasteiger partial charge is 0.337 e. The van der Waals surface area contributed by atoms with Gasteiger partial charge in [-0.2, -0.15) is 13.2 Å². The minimum Gasteiger partial charge on any atom is -0.337 e. The first-order valence-electron chi connectivity index (χ1n) is 8.32. The zero-order chi connectivity index (χ0) is 20.6. The Kier molecular flexibility index (Phi) is 5.10. The average Bonchev–Trinajstić information content (AvgIpc) is 3.01. The summed E-state index contributed by atoms with van der Waals surface area (Å²) in [5, 5.41) is 0. The van der Waals surface area contributed by atoms with Gasteiger partial charge in [0, 0.05) is 7.05 Å². The highest BCUT2D eigenvalue weighted by Crippen LogP contribution is 2.32. The second-order valence-corrected chi connectivity index (χ2v) is 6.36. The van der Waals surface area contributed by atoms with E-state index in [1.165, 1.54) is 30.1 Å². The fourth-order valence-electron chi connectivity index (χ4n) is 2.91. The van der Waals surface area contributed by atoms with E-state index >= 15 is 0 Å². The number of carbonyl (C=O) groups excluding carboxylic acids is 1. The van der Waals surface area contributed by atoms with Crippen molar-refractivity contribution in [3.05, 3.63) is 65.5 Å². The van der Waals surface area contributed by atoms with Gasteiger partial charge in [0.15, 0.2) is 11.6 Å². The minimum atomic E-state index is -4.73. The molecule has 3 rings (SSSR count). The number of nitrogens with zero attached hydrogens (tertiary/aromatic N) is 3. The molecule has 9 heteroatoms. The number of halogens is 5. The second kappa shape index (κ2) is 7.21. The van der Waals surface area contributed by atoms with E-state index in [0.717, 1.165) is 16.7 Å². The maximum absolute atomic E-state index is 13.5. The summed E-state index contributed by atoms with van der Waals surface area (Å²) in [5.41, 5.74) is 0.622. The summed E-state index contributed by atoms with van der Waals surface area (Å²) < 4.78 is 67.4. The van der Waals surface area contributed by atoms with Gasteiger partial charge in [-0.05, 0) is 36.8 Å². The molecule has 0 aliphatic carbocycles. The molecular weight excluding hydrogens is 381 g/mol. The van der Waals surface area contributed by atoms with Crippen LogP contribution in [0.1, 0.15) is 24.4 Å². The van der Waals surface area contributed by atoms with Crippen LogP contribution in [-0.4, -0.2) is 27.4 Å². The van der Waals surface area contributed by atoms with Gasteiger partial charge in [-0.15, -0.1) is 0 Å². The van der Waals surface area contributed by atoms with Crippen LogP contribution in [0.15, 0.2) is 42.5 Å². The predicted molar refractivity (Wildman–Crippen MR) is 92.3 cm³/mol. The Morgan fingerprint density at radius 3 is 2.46 bits per heavy atom. The average molecular weight is 397 g/mol. The molecule has 1 amide bonds. The molecule has 1 aromatic heterocycles. The van der Waals surface area contributed by atoms with Crippen LogP contribution in [0, 0.1) is 11.6 Å². The molecule has 0 aliphatic heterocycles. The standard InChI is InChI=1S/C19H16F5N3O/c1-11(12-7-8-13(20)14(21)9-12)26(2)17(28)10-27-16-6-4-3-5-15(16)25-18(27)19(22,23)24/h3-9,11H,10H2,1-2H3. The van der Waals surface area contributed by atoms with Crippen molar-refractivity contribution >= 4 is 16.9 Å². The normalized spacial score (nSPS) is 13.0. The molecule has 0 aliphatic rings. The molecule has 148 valence electrons. The maximum atomic E-state index is 13.5. The molecule has 4 nitrogen and oxygen atoms in total. The zero-order valence-corrected chi connectivity index (χ0v) is 15.0. The molecule has 0 radical (unpaired) electrons. The van der Waals surface area contributed by atoms with Gasteiger partial charge in [0.2, 0.25) is 11.7 Å². The number of hydrogen-bond acceptors (Lipinski definition) is 2. The third kappa shape index (κ3) is 3.69. The summed E-state index contributed by atoms with van der Waals surface area (Å²) in [4.78, 5) is 17.4. The Bertz CT molecular complexity index is 1030. The summed E-state index contributed by atoms with van der Waals surface area (Å²) in [5.74, 6) is -3.89. The van der Waals surface area contributed by atoms with E-state index in [-0.39, 0.29) is 11.0 Å². The number of carbonyl (C=O) groups is 1. The monoisotopic (exact) mass is 397 g/mol. The molecule has 28 heavy (non-hydrogen) atoms. The van der Waals surface area contributed by atoms with Gasteiger partial charge in [-0.3, -0.25) is 4.79 Å². The van der Waals surface area contributed by atoms with Crippen molar-refractivity contribution in [3.8, 4) is 0 Å². The largest absolute Gasteiger partial charge is 0.449 e. The summed E-state index contributed by atoms with van der Waals surface area (Å²) in [6, 6.07) is 8.52. The molecule has 2 aromatic carbocycles. The Labute approximate surface area is 157 Å². The van der Waals surface area contributed by atoms with Crippen LogP contribution in [0.2, 0.25) is 0 Å². The van der Waals surface area contributed by atoms with Crippen molar-refractivity contribution in [2.24, 2.45) is 0 Å². The van der Waals surface area contributed by atoms with Crippen molar-refractivity contribution in [2.45, 2.75) is 25.7 Å². The predicted octanol–water partition coefficient (Wildman–Crippen LogP) is 4.55. The molecule has 1 heterocycles. The van der Waals surface area contributed by atoms with Crippen molar-refractivity contribution in [1.29, 1.82) is 0 Å². The molecule has 0 saturated heterocycles. The Morgan fingerprint density at radius 2 is 1.82 bits per heavy atom. The van der Waals surface area contributed by atoms with Crippen LogP contribution < -0.4 is 0 Å². The number of alkyl halides is 3. The quantitative estimate of drug-likeness (QED) is 0.606. The number of para-hydroxylation sites is 2. The molecule has 0 fully saturated rings. The van der Waals surface area contributed by atoms with E-state index in [0.29, 0.717) is 5.56 Å². The lowest BCUT2D eigenvalue weighted by Gasteiger charge is -2.26. The summed E-state index contributed by atoms with van der Waals surface area (Å²) in [6.45, 7) is 0.973. The van der Waals surface area contributed by atoms with E-state index in [2.05, 4.69) is 4.98 Å². The number of rotatable bonds is 4. The molecule has 3 aromatic rings. The van der Waals surface area contributed by atoms with Crippen LogP contribution in [0.4, 0.5) is 22.0 Å². The molecule has 0 saturated carbocycles. The Morgan fingerprint density at radius 1 is 1.14 bits per heavy atom. The second-order valence-electron chi connectivity index (χ2n) is 6.36. The van der Waals surface area contributed by atoms with Gasteiger partial charge in [-0.25, -0.2) is 13.8 Å². The van der Waals surface area contributed by atoms with Crippen molar-refractivity contribution < 1.29 is 26.7 Å². The lowest BCUT2D eigenvalue weighted by Crippen LogP contribution is -2.33. The van der Waals surface area contributed by atoms with Crippen LogP contribution in [0.25, 0.3) is 11.0 Å². The molecule has 0 spiro atoms. The SMILES string of the molecule is CC(c1ccc(F)c(F)c1)N(C)C(=O)Cn1c(C(F)(F)F)nc2ccccc21. The molecule has 1 unspecified atom stereocenters. The van der Waals surface area contributed by atoms with Gasteiger partial charge < -0.3 is 9.47 Å². The topological polar surface area (TPSA) is 38.1 Å². The number of aromatic nitrogens is 2. The summed E-state index contributed by atoms with van der Waals surface area (Å²) >= 11 is 0. The van der Waals surface area contributed by atoms with Gasteiger partial charge in [0.05, 0.1) is 17.1 Å². The minimum absolute atomic E-state index is 0.124. The highest BCUT2D eigenvalue weighted by atomic mass is 19.4. The van der Waals surface area contributed by atoms with Gasteiger partial charge in [0.1, 0.15) is 6.54 Å².